The second kappa shape index (κ2) is 2.90. The molecular weight excluding hydrogens is 154 g/mol. The lowest BCUT2D eigenvalue weighted by molar-refractivity contribution is -0.140. The van der Waals surface area contributed by atoms with Crippen molar-refractivity contribution in [2.75, 3.05) is 6.54 Å². The second-order valence-electron chi connectivity index (χ2n) is 3.42. The fourth-order valence-electron chi connectivity index (χ4n) is 1.76. The number of carbonyl (C=O) groups excluding carboxylic acids is 1. The van der Waals surface area contributed by atoms with Crippen molar-refractivity contribution in [3.05, 3.63) is 11.6 Å². The maximum Gasteiger partial charge on any atom is 0.334 e. The molecule has 0 aromatic carbocycles. The first kappa shape index (κ1) is 7.80. The third-order valence-electron chi connectivity index (χ3n) is 2.47. The van der Waals surface area contributed by atoms with Crippen LogP contribution in [0.4, 0.5) is 0 Å². The third-order valence-corrected chi connectivity index (χ3v) is 2.47. The quantitative estimate of drug-likeness (QED) is 0.581. The number of esters is 1. The van der Waals surface area contributed by atoms with Gasteiger partial charge in [-0.1, -0.05) is 0 Å². The van der Waals surface area contributed by atoms with E-state index < -0.39 is 0 Å². The summed E-state index contributed by atoms with van der Waals surface area (Å²) in [7, 11) is 0. The number of rotatable bonds is 1. The number of hydrogen-bond donors (Lipinski definition) is 1. The van der Waals surface area contributed by atoms with E-state index in [0.29, 0.717) is 6.04 Å². The number of nitrogens with one attached hydrogen (secondary N) is 1. The zero-order chi connectivity index (χ0) is 8.55. The molecular formula is C9H13NO2. The Hall–Kier alpha value is -0.830. The van der Waals surface area contributed by atoms with Crippen LogP contribution in [0.3, 0.4) is 0 Å². The van der Waals surface area contributed by atoms with E-state index in [1.54, 1.807) is 6.92 Å². The van der Waals surface area contributed by atoms with Crippen molar-refractivity contribution in [2.45, 2.75) is 31.9 Å². The number of carbonyl (C=O) groups is 1. The lowest BCUT2D eigenvalue weighted by Crippen LogP contribution is -2.34. The molecule has 2 atom stereocenters. The average Bonchev–Trinajstić information content (AvgIpc) is 2.61. The molecule has 1 fully saturated rings. The highest BCUT2D eigenvalue weighted by Gasteiger charge is 2.31. The summed E-state index contributed by atoms with van der Waals surface area (Å²) in [4.78, 5) is 11.0. The van der Waals surface area contributed by atoms with Crippen LogP contribution in [0.2, 0.25) is 0 Å². The SMILES string of the molecule is CC1=C[C@@H]([C@@H]2CCCN2)OC1=O. The van der Waals surface area contributed by atoms with Crippen molar-refractivity contribution in [3.63, 3.8) is 0 Å². The van der Waals surface area contributed by atoms with Gasteiger partial charge in [-0.15, -0.1) is 0 Å². The van der Waals surface area contributed by atoms with Gasteiger partial charge in [-0.05, 0) is 32.4 Å². The van der Waals surface area contributed by atoms with Crippen LogP contribution in [0.5, 0.6) is 0 Å². The summed E-state index contributed by atoms with van der Waals surface area (Å²) in [5.41, 5.74) is 0.744. The highest BCUT2D eigenvalue weighted by molar-refractivity contribution is 5.90. The molecule has 1 saturated heterocycles. The molecule has 66 valence electrons. The van der Waals surface area contributed by atoms with Gasteiger partial charge in [0.05, 0.1) is 0 Å². The summed E-state index contributed by atoms with van der Waals surface area (Å²) in [6.45, 7) is 2.85. The minimum Gasteiger partial charge on any atom is -0.453 e. The van der Waals surface area contributed by atoms with Crippen LogP contribution in [-0.4, -0.2) is 24.7 Å². The minimum atomic E-state index is -0.159. The van der Waals surface area contributed by atoms with E-state index in [4.69, 9.17) is 4.74 Å². The van der Waals surface area contributed by atoms with Crippen molar-refractivity contribution in [2.24, 2.45) is 0 Å². The van der Waals surface area contributed by atoms with E-state index in [0.717, 1.165) is 18.5 Å². The molecule has 3 nitrogen and oxygen atoms in total. The molecule has 0 saturated carbocycles. The van der Waals surface area contributed by atoms with Gasteiger partial charge in [-0.2, -0.15) is 0 Å². The topological polar surface area (TPSA) is 38.3 Å². The molecule has 2 aliphatic heterocycles. The molecule has 0 radical (unpaired) electrons. The summed E-state index contributed by atoms with van der Waals surface area (Å²) >= 11 is 0. The van der Waals surface area contributed by atoms with Gasteiger partial charge in [0, 0.05) is 11.6 Å². The van der Waals surface area contributed by atoms with Crippen LogP contribution in [-0.2, 0) is 9.53 Å². The summed E-state index contributed by atoms with van der Waals surface area (Å²) in [5, 5.41) is 3.32. The van der Waals surface area contributed by atoms with Crippen LogP contribution in [0.25, 0.3) is 0 Å². The Bertz CT molecular complexity index is 229. The first-order valence-corrected chi connectivity index (χ1v) is 4.40. The number of cyclic esters (lactones) is 1. The van der Waals surface area contributed by atoms with Crippen LogP contribution >= 0.6 is 0 Å². The molecule has 2 heterocycles. The standard InChI is InChI=1S/C9H13NO2/c1-6-5-8(12-9(6)11)7-3-2-4-10-7/h5,7-8,10H,2-4H2,1H3/t7-,8-/m0/s1. The van der Waals surface area contributed by atoms with E-state index in [9.17, 15) is 4.79 Å². The van der Waals surface area contributed by atoms with Gasteiger partial charge in [-0.3, -0.25) is 0 Å². The second-order valence-corrected chi connectivity index (χ2v) is 3.42. The zero-order valence-electron chi connectivity index (χ0n) is 7.17. The van der Waals surface area contributed by atoms with Crippen molar-refractivity contribution >= 4 is 5.97 Å². The predicted octanol–water partition coefficient (Wildman–Crippen LogP) is 0.610. The van der Waals surface area contributed by atoms with E-state index in [1.807, 2.05) is 6.08 Å². The Morgan fingerprint density at radius 2 is 2.50 bits per heavy atom. The Morgan fingerprint density at radius 3 is 3.00 bits per heavy atom. The van der Waals surface area contributed by atoms with Crippen molar-refractivity contribution in [1.82, 2.24) is 5.32 Å². The molecule has 2 aliphatic rings. The van der Waals surface area contributed by atoms with E-state index in [-0.39, 0.29) is 12.1 Å². The van der Waals surface area contributed by atoms with Crippen LogP contribution < -0.4 is 5.32 Å². The van der Waals surface area contributed by atoms with Crippen molar-refractivity contribution < 1.29 is 9.53 Å². The Morgan fingerprint density at radius 1 is 1.67 bits per heavy atom. The fourth-order valence-corrected chi connectivity index (χ4v) is 1.76. The van der Waals surface area contributed by atoms with E-state index in [1.165, 1.54) is 6.42 Å². The maximum absolute atomic E-state index is 11.0. The predicted molar refractivity (Wildman–Crippen MR) is 44.7 cm³/mol. The molecule has 0 amide bonds. The first-order valence-electron chi connectivity index (χ1n) is 4.40. The lowest BCUT2D eigenvalue weighted by Gasteiger charge is -2.15. The molecule has 2 rings (SSSR count). The fraction of sp³-hybridized carbons (Fsp3) is 0.667. The van der Waals surface area contributed by atoms with Gasteiger partial charge >= 0.3 is 5.97 Å². The summed E-state index contributed by atoms with van der Waals surface area (Å²) in [6, 6.07) is 0.353. The molecule has 0 aromatic heterocycles. The summed E-state index contributed by atoms with van der Waals surface area (Å²) in [6.07, 6.45) is 4.21. The number of hydrogen-bond acceptors (Lipinski definition) is 3. The molecule has 0 unspecified atom stereocenters. The molecule has 1 N–H and O–H groups in total. The molecule has 12 heavy (non-hydrogen) atoms. The zero-order valence-corrected chi connectivity index (χ0v) is 7.17. The van der Waals surface area contributed by atoms with Crippen LogP contribution in [0, 0.1) is 0 Å². The van der Waals surface area contributed by atoms with Gasteiger partial charge < -0.3 is 10.1 Å². The van der Waals surface area contributed by atoms with Gasteiger partial charge in [0.15, 0.2) is 0 Å². The van der Waals surface area contributed by atoms with Gasteiger partial charge in [0.1, 0.15) is 6.10 Å². The normalized spacial score (nSPS) is 35.1. The molecule has 0 bridgehead atoms. The average molecular weight is 167 g/mol. The summed E-state index contributed by atoms with van der Waals surface area (Å²) in [5.74, 6) is -0.159. The van der Waals surface area contributed by atoms with Crippen LogP contribution in [0.1, 0.15) is 19.8 Å². The number of ether oxygens (including phenoxy) is 1. The van der Waals surface area contributed by atoms with Crippen LogP contribution in [0.15, 0.2) is 11.6 Å². The highest BCUT2D eigenvalue weighted by Crippen LogP contribution is 2.20. The molecule has 0 aromatic rings. The molecule has 3 heteroatoms. The smallest absolute Gasteiger partial charge is 0.334 e. The van der Waals surface area contributed by atoms with Gasteiger partial charge in [0.25, 0.3) is 0 Å². The minimum absolute atomic E-state index is 0.0139. The van der Waals surface area contributed by atoms with E-state index in [2.05, 4.69) is 5.32 Å². The largest absolute Gasteiger partial charge is 0.453 e. The molecule has 0 aliphatic carbocycles. The third kappa shape index (κ3) is 1.25. The first-order chi connectivity index (χ1) is 5.77. The molecule has 0 spiro atoms. The highest BCUT2D eigenvalue weighted by atomic mass is 16.5. The summed E-state index contributed by atoms with van der Waals surface area (Å²) < 4.78 is 5.16. The Balaban J connectivity index is 2.02. The lowest BCUT2D eigenvalue weighted by atomic mass is 10.1. The Kier molecular flexibility index (Phi) is 1.89. The van der Waals surface area contributed by atoms with Gasteiger partial charge in [-0.25, -0.2) is 4.79 Å². The van der Waals surface area contributed by atoms with Gasteiger partial charge in [0.2, 0.25) is 0 Å². The van der Waals surface area contributed by atoms with Crippen molar-refractivity contribution in [1.29, 1.82) is 0 Å². The Labute approximate surface area is 71.8 Å². The maximum atomic E-state index is 11.0. The van der Waals surface area contributed by atoms with E-state index >= 15 is 0 Å². The van der Waals surface area contributed by atoms with Crippen molar-refractivity contribution in [3.8, 4) is 0 Å². The monoisotopic (exact) mass is 167 g/mol.